The molecule has 4 aliphatic carbocycles. The Bertz CT molecular complexity index is 1550. The van der Waals surface area contributed by atoms with Crippen molar-refractivity contribution in [2.75, 3.05) is 25.6 Å². The number of hydrogen-bond donors (Lipinski definition) is 4. The van der Waals surface area contributed by atoms with Crippen LogP contribution in [0.5, 0.6) is 0 Å². The van der Waals surface area contributed by atoms with E-state index in [1.807, 2.05) is 6.92 Å². The summed E-state index contributed by atoms with van der Waals surface area (Å²) in [7, 11) is 0. The van der Waals surface area contributed by atoms with Crippen LogP contribution in [0.1, 0.15) is 124 Å². The number of carboxylic acid groups (broad SMARTS) is 1. The standard InChI is InChI=1S/C39H64N6O5/c1-21(2)23(5)34(6)15-16-36(8)24-11-12-27-35(7)18-49-20-39(27,25(24)13-14-37(36,9)28(34)32(47)48)17-26(29(35)50-19-38(10,42)22(3)4)45-31(30(40)46)43-33(41)44-45/h13,21-24,26-29H,11-12,14-20,42H2,1-10H3,(H2,40,46)(H2,41,44)(H,47,48)/t23-,24+,26-,27+,28-,29+,34-,35+,36-,37+,38+,39+/m1/s1. The van der Waals surface area contributed by atoms with E-state index in [2.05, 4.69) is 78.5 Å². The van der Waals surface area contributed by atoms with E-state index in [1.165, 1.54) is 5.57 Å². The molecule has 1 aromatic rings. The van der Waals surface area contributed by atoms with E-state index >= 15 is 0 Å². The number of aromatic nitrogens is 3. The highest BCUT2D eigenvalue weighted by Gasteiger charge is 2.72. The minimum atomic E-state index is -0.688. The zero-order valence-electron chi connectivity index (χ0n) is 32.2. The predicted molar refractivity (Wildman–Crippen MR) is 193 cm³/mol. The summed E-state index contributed by atoms with van der Waals surface area (Å²) in [6, 6.07) is -0.399. The monoisotopic (exact) mass is 696 g/mol. The maximum atomic E-state index is 13.5. The lowest BCUT2D eigenvalue weighted by atomic mass is 9.34. The second-order valence-electron chi connectivity index (χ2n) is 19.1. The number of carboxylic acids is 1. The van der Waals surface area contributed by atoms with Gasteiger partial charge in [-0.05, 0) is 91.3 Å². The molecule has 280 valence electrons. The SMILES string of the molecule is CC(C)[C@@H](C)[C@@]1(C)CC[C@]2(C)[C@H]3CC[C@@H]4[C@@]5(COC[C@]4(C)[C@@H](OC[C@](C)(N)C(C)C)[C@H](n4nc(N)nc4C(N)=O)C5)C3=CC[C@@]2(C)[C@@H]1C(=O)O. The number of hydrogen-bond acceptors (Lipinski definition) is 8. The largest absolute Gasteiger partial charge is 0.481 e. The first-order valence-electron chi connectivity index (χ1n) is 19.0. The van der Waals surface area contributed by atoms with E-state index in [4.69, 9.17) is 26.7 Å². The van der Waals surface area contributed by atoms with Crippen LogP contribution in [0.4, 0.5) is 5.95 Å². The van der Waals surface area contributed by atoms with Crippen LogP contribution in [0.2, 0.25) is 0 Å². The molecule has 11 heteroatoms. The molecule has 2 heterocycles. The number of rotatable bonds is 9. The van der Waals surface area contributed by atoms with Crippen LogP contribution in [0, 0.1) is 62.6 Å². The molecule has 1 aromatic heterocycles. The molecule has 5 aliphatic rings. The van der Waals surface area contributed by atoms with Crippen LogP contribution in [0.3, 0.4) is 0 Å². The van der Waals surface area contributed by atoms with Gasteiger partial charge in [-0.2, -0.15) is 4.98 Å². The average Bonchev–Trinajstić information content (AvgIpc) is 3.41. The van der Waals surface area contributed by atoms with Crippen LogP contribution in [-0.4, -0.2) is 63.2 Å². The molecule has 1 aliphatic heterocycles. The number of fused-ring (bicyclic) bond motifs is 3. The molecule has 2 bridgehead atoms. The van der Waals surface area contributed by atoms with Gasteiger partial charge in [0.05, 0.1) is 37.9 Å². The summed E-state index contributed by atoms with van der Waals surface area (Å²) in [6.45, 7) is 23.5. The van der Waals surface area contributed by atoms with Crippen molar-refractivity contribution < 1.29 is 24.2 Å². The van der Waals surface area contributed by atoms with Crippen molar-refractivity contribution in [3.8, 4) is 0 Å². The zero-order valence-corrected chi connectivity index (χ0v) is 32.2. The van der Waals surface area contributed by atoms with Crippen molar-refractivity contribution in [1.29, 1.82) is 0 Å². The number of carbonyl (C=O) groups is 2. The number of nitrogens with two attached hydrogens (primary N) is 3. The van der Waals surface area contributed by atoms with E-state index < -0.39 is 46.3 Å². The van der Waals surface area contributed by atoms with Gasteiger partial charge in [-0.1, -0.05) is 74.0 Å². The first-order valence-corrected chi connectivity index (χ1v) is 19.0. The lowest BCUT2D eigenvalue weighted by molar-refractivity contribution is -0.252. The Morgan fingerprint density at radius 1 is 1.10 bits per heavy atom. The van der Waals surface area contributed by atoms with Gasteiger partial charge in [0.25, 0.3) is 5.91 Å². The summed E-state index contributed by atoms with van der Waals surface area (Å²) in [5, 5.41) is 15.7. The summed E-state index contributed by atoms with van der Waals surface area (Å²) in [5.41, 5.74) is 17.9. The second kappa shape index (κ2) is 12.0. The summed E-state index contributed by atoms with van der Waals surface area (Å²) >= 11 is 0. The summed E-state index contributed by atoms with van der Waals surface area (Å²) < 4.78 is 15.2. The van der Waals surface area contributed by atoms with Crippen LogP contribution in [0.25, 0.3) is 0 Å². The smallest absolute Gasteiger partial charge is 0.307 e. The fraction of sp³-hybridized carbons (Fsp3) is 0.846. The topological polar surface area (TPSA) is 182 Å². The average molecular weight is 697 g/mol. The number of anilines is 1. The molecular weight excluding hydrogens is 632 g/mol. The Balaban J connectivity index is 1.49. The molecule has 0 spiro atoms. The Labute approximate surface area is 298 Å². The number of nitrogens with zero attached hydrogens (tertiary/aromatic N) is 3. The Hall–Kier alpha value is -2.50. The van der Waals surface area contributed by atoms with Gasteiger partial charge >= 0.3 is 5.97 Å². The molecule has 1 saturated heterocycles. The van der Waals surface area contributed by atoms with Crippen molar-refractivity contribution in [3.63, 3.8) is 0 Å². The van der Waals surface area contributed by atoms with E-state index in [-0.39, 0.29) is 51.7 Å². The molecule has 3 saturated carbocycles. The molecule has 0 radical (unpaired) electrons. The highest BCUT2D eigenvalue weighted by atomic mass is 16.5. The van der Waals surface area contributed by atoms with E-state index in [0.717, 1.165) is 25.7 Å². The number of allylic oxidation sites excluding steroid dienone is 1. The quantitative estimate of drug-likeness (QED) is 0.230. The number of amides is 1. The summed E-state index contributed by atoms with van der Waals surface area (Å²) in [5.74, 6) is -0.519. The lowest BCUT2D eigenvalue weighted by Crippen LogP contribution is -2.69. The predicted octanol–water partition coefficient (Wildman–Crippen LogP) is 5.85. The third-order valence-electron chi connectivity index (χ3n) is 16.2. The van der Waals surface area contributed by atoms with Gasteiger partial charge in [0, 0.05) is 16.4 Å². The number of nitrogen functional groups attached to an aromatic ring is 1. The van der Waals surface area contributed by atoms with Crippen LogP contribution in [-0.2, 0) is 14.3 Å². The Morgan fingerprint density at radius 3 is 2.38 bits per heavy atom. The van der Waals surface area contributed by atoms with Crippen molar-refractivity contribution >= 4 is 17.8 Å². The molecule has 0 aromatic carbocycles. The molecule has 4 fully saturated rings. The maximum absolute atomic E-state index is 13.5. The van der Waals surface area contributed by atoms with E-state index in [1.54, 1.807) is 4.68 Å². The molecule has 6 rings (SSSR count). The van der Waals surface area contributed by atoms with E-state index in [0.29, 0.717) is 38.6 Å². The van der Waals surface area contributed by atoms with Crippen LogP contribution < -0.4 is 17.2 Å². The first kappa shape index (κ1) is 37.3. The molecule has 1 amide bonds. The van der Waals surface area contributed by atoms with Gasteiger partial charge in [-0.15, -0.1) is 5.10 Å². The van der Waals surface area contributed by atoms with Gasteiger partial charge in [0.15, 0.2) is 0 Å². The van der Waals surface area contributed by atoms with Crippen molar-refractivity contribution in [2.45, 2.75) is 125 Å². The van der Waals surface area contributed by atoms with Crippen LogP contribution in [0.15, 0.2) is 11.6 Å². The number of ether oxygens (including phenoxy) is 2. The van der Waals surface area contributed by atoms with Crippen molar-refractivity contribution in [2.24, 2.45) is 74.0 Å². The fourth-order valence-electron chi connectivity index (χ4n) is 12.3. The van der Waals surface area contributed by atoms with Crippen molar-refractivity contribution in [1.82, 2.24) is 14.8 Å². The van der Waals surface area contributed by atoms with Gasteiger partial charge in [-0.25, -0.2) is 4.68 Å². The Morgan fingerprint density at radius 2 is 1.78 bits per heavy atom. The lowest BCUT2D eigenvalue weighted by Gasteiger charge is -2.71. The highest BCUT2D eigenvalue weighted by Crippen LogP contribution is 2.75. The van der Waals surface area contributed by atoms with E-state index in [9.17, 15) is 14.7 Å². The number of carbonyl (C=O) groups excluding carboxylic acids is 1. The maximum Gasteiger partial charge on any atom is 0.307 e. The number of primary amides is 1. The van der Waals surface area contributed by atoms with Crippen molar-refractivity contribution in [3.05, 3.63) is 17.5 Å². The summed E-state index contributed by atoms with van der Waals surface area (Å²) in [6.07, 6.45) is 7.17. The second-order valence-corrected chi connectivity index (χ2v) is 19.1. The Kier molecular flexibility index (Phi) is 8.96. The molecular formula is C39H64N6O5. The van der Waals surface area contributed by atoms with Gasteiger partial charge in [-0.3, -0.25) is 9.59 Å². The highest BCUT2D eigenvalue weighted by molar-refractivity contribution is 5.89. The molecule has 12 atom stereocenters. The van der Waals surface area contributed by atoms with Gasteiger partial charge in [0.1, 0.15) is 0 Å². The third kappa shape index (κ3) is 5.06. The normalized spacial score (nSPS) is 42.9. The zero-order chi connectivity index (χ0) is 37.0. The third-order valence-corrected chi connectivity index (χ3v) is 16.2. The number of aliphatic carboxylic acids is 1. The van der Waals surface area contributed by atoms with Crippen LogP contribution >= 0.6 is 0 Å². The molecule has 7 N–H and O–H groups in total. The van der Waals surface area contributed by atoms with Gasteiger partial charge < -0.3 is 31.8 Å². The minimum absolute atomic E-state index is 0.00291. The van der Waals surface area contributed by atoms with Gasteiger partial charge in [0.2, 0.25) is 11.8 Å². The molecule has 0 unspecified atom stereocenters. The fourth-order valence-corrected chi connectivity index (χ4v) is 12.3. The summed E-state index contributed by atoms with van der Waals surface area (Å²) in [4.78, 5) is 30.5. The molecule has 50 heavy (non-hydrogen) atoms. The molecule has 11 nitrogen and oxygen atoms in total. The minimum Gasteiger partial charge on any atom is -0.481 e. The first-order chi connectivity index (χ1) is 23.1.